The van der Waals surface area contributed by atoms with Crippen molar-refractivity contribution in [3.63, 3.8) is 0 Å². The monoisotopic (exact) mass is 380 g/mol. The predicted octanol–water partition coefficient (Wildman–Crippen LogP) is 5.12. The van der Waals surface area contributed by atoms with Crippen LogP contribution in [0.5, 0.6) is 0 Å². The number of hydrogen-bond donors (Lipinski definition) is 0. The first-order valence-corrected chi connectivity index (χ1v) is 9.93. The van der Waals surface area contributed by atoms with E-state index in [0.29, 0.717) is 5.56 Å². The van der Waals surface area contributed by atoms with Crippen LogP contribution >= 0.6 is 0 Å². The van der Waals surface area contributed by atoms with Crippen molar-refractivity contribution in [2.45, 2.75) is 38.4 Å². The number of esters is 1. The summed E-state index contributed by atoms with van der Waals surface area (Å²) in [4.78, 5) is 11.5. The van der Waals surface area contributed by atoms with Crippen molar-refractivity contribution in [3.8, 4) is 0 Å². The molecule has 0 radical (unpaired) electrons. The van der Waals surface area contributed by atoms with Crippen molar-refractivity contribution in [1.82, 2.24) is 0 Å². The molecule has 0 saturated carbocycles. The molecule has 0 amide bonds. The maximum Gasteiger partial charge on any atom is 0.337 e. The van der Waals surface area contributed by atoms with Gasteiger partial charge in [0.15, 0.2) is 6.29 Å². The van der Waals surface area contributed by atoms with Crippen molar-refractivity contribution >= 4 is 18.1 Å². The Morgan fingerprint density at radius 1 is 1.11 bits per heavy atom. The lowest BCUT2D eigenvalue weighted by Gasteiger charge is -2.22. The summed E-state index contributed by atoms with van der Waals surface area (Å²) in [6.45, 7) is 1.56. The van der Waals surface area contributed by atoms with Gasteiger partial charge in [-0.05, 0) is 60.9 Å². The lowest BCUT2D eigenvalue weighted by Crippen LogP contribution is -2.22. The average Bonchev–Trinajstić information content (AvgIpc) is 2.76. The van der Waals surface area contributed by atoms with Crippen LogP contribution in [0.3, 0.4) is 0 Å². The van der Waals surface area contributed by atoms with Gasteiger partial charge in [-0.2, -0.15) is 0 Å². The summed E-state index contributed by atoms with van der Waals surface area (Å²) in [6.07, 6.45) is 9.46. The first kappa shape index (κ1) is 20.3. The summed E-state index contributed by atoms with van der Waals surface area (Å²) in [6, 6.07) is 15.9. The number of hydrogen-bond acceptors (Lipinski definition) is 4. The van der Waals surface area contributed by atoms with Crippen LogP contribution in [-0.2, 0) is 20.6 Å². The van der Waals surface area contributed by atoms with Gasteiger partial charge in [-0.15, -0.1) is 0 Å². The van der Waals surface area contributed by atoms with Crippen molar-refractivity contribution < 1.29 is 19.0 Å². The molecule has 1 atom stereocenters. The highest BCUT2D eigenvalue weighted by Crippen LogP contribution is 2.15. The lowest BCUT2D eigenvalue weighted by molar-refractivity contribution is -0.162. The number of carbonyl (C=O) groups is 1. The van der Waals surface area contributed by atoms with Gasteiger partial charge in [0.05, 0.1) is 19.3 Å². The second-order valence-electron chi connectivity index (χ2n) is 6.96. The van der Waals surface area contributed by atoms with Gasteiger partial charge in [0, 0.05) is 6.61 Å². The molecule has 4 nitrogen and oxygen atoms in total. The van der Waals surface area contributed by atoms with Crippen LogP contribution in [0, 0.1) is 0 Å². The molecule has 148 valence electrons. The molecule has 1 aliphatic heterocycles. The van der Waals surface area contributed by atoms with E-state index in [-0.39, 0.29) is 12.3 Å². The highest BCUT2D eigenvalue weighted by molar-refractivity contribution is 5.89. The maximum atomic E-state index is 11.5. The van der Waals surface area contributed by atoms with E-state index < -0.39 is 0 Å². The normalized spacial score (nSPS) is 17.0. The fourth-order valence-electron chi connectivity index (χ4n) is 3.23. The minimum absolute atomic E-state index is 0.00594. The first-order valence-electron chi connectivity index (χ1n) is 9.93. The zero-order valence-corrected chi connectivity index (χ0v) is 16.4. The summed E-state index contributed by atoms with van der Waals surface area (Å²) < 4.78 is 16.1. The third-order valence-electron chi connectivity index (χ3n) is 4.80. The number of benzene rings is 2. The summed E-state index contributed by atoms with van der Waals surface area (Å²) in [5.41, 5.74) is 4.06. The molecule has 1 unspecified atom stereocenters. The molecule has 2 aromatic rings. The summed E-state index contributed by atoms with van der Waals surface area (Å²) >= 11 is 0. The van der Waals surface area contributed by atoms with Crippen LogP contribution in [0.25, 0.3) is 12.2 Å². The Labute approximate surface area is 167 Å². The third-order valence-corrected chi connectivity index (χ3v) is 4.80. The Balaban J connectivity index is 1.48. The molecule has 1 saturated heterocycles. The second-order valence-corrected chi connectivity index (χ2v) is 6.96. The van der Waals surface area contributed by atoms with Gasteiger partial charge < -0.3 is 14.2 Å². The molecule has 0 aliphatic carbocycles. The number of methoxy groups -OCH3 is 1. The Bertz CT molecular complexity index is 773. The highest BCUT2D eigenvalue weighted by atomic mass is 16.7. The minimum Gasteiger partial charge on any atom is -0.465 e. The van der Waals surface area contributed by atoms with Crippen molar-refractivity contribution in [1.29, 1.82) is 0 Å². The van der Waals surface area contributed by atoms with E-state index in [0.717, 1.165) is 50.0 Å². The van der Waals surface area contributed by atoms with Gasteiger partial charge >= 0.3 is 5.97 Å². The van der Waals surface area contributed by atoms with Crippen molar-refractivity contribution in [2.24, 2.45) is 0 Å². The number of rotatable bonds is 8. The molecule has 3 rings (SSSR count). The quantitative estimate of drug-likeness (QED) is 0.362. The van der Waals surface area contributed by atoms with E-state index in [1.54, 1.807) is 12.1 Å². The van der Waals surface area contributed by atoms with E-state index in [1.165, 1.54) is 19.1 Å². The topological polar surface area (TPSA) is 44.8 Å². The van der Waals surface area contributed by atoms with Crippen LogP contribution in [0.15, 0.2) is 48.5 Å². The largest absolute Gasteiger partial charge is 0.465 e. The Morgan fingerprint density at radius 2 is 1.93 bits per heavy atom. The standard InChI is InChI=1S/C24H28O4/c1-26-24(25)22-14-12-19(13-15-22)10-11-21-7-4-6-20(18-21)8-5-17-28-23-9-2-3-16-27-23/h4,6-7,10-15,18,23H,2-3,5,8-9,16-17H2,1H3/b11-10+. The molecule has 4 heteroatoms. The van der Waals surface area contributed by atoms with E-state index in [1.807, 2.05) is 18.2 Å². The van der Waals surface area contributed by atoms with Crippen LogP contribution in [0.1, 0.15) is 52.7 Å². The molecule has 1 aliphatic rings. The van der Waals surface area contributed by atoms with Gasteiger partial charge in [-0.1, -0.05) is 48.6 Å². The van der Waals surface area contributed by atoms with Gasteiger partial charge in [0.1, 0.15) is 0 Å². The molecule has 1 fully saturated rings. The molecule has 0 aromatic heterocycles. The smallest absolute Gasteiger partial charge is 0.337 e. The van der Waals surface area contributed by atoms with Crippen LogP contribution in [0.4, 0.5) is 0 Å². The summed E-state index contributed by atoms with van der Waals surface area (Å²) in [7, 11) is 1.39. The molecular weight excluding hydrogens is 352 g/mol. The number of ether oxygens (including phenoxy) is 3. The summed E-state index contributed by atoms with van der Waals surface area (Å²) in [5, 5.41) is 0. The molecular formula is C24H28O4. The SMILES string of the molecule is COC(=O)c1ccc(/C=C/c2cccc(CCCOC3CCCCO3)c2)cc1. The first-order chi connectivity index (χ1) is 13.7. The van der Waals surface area contributed by atoms with Crippen molar-refractivity contribution in [3.05, 3.63) is 70.8 Å². The Hall–Kier alpha value is -2.43. The third kappa shape index (κ3) is 6.32. The average molecular weight is 380 g/mol. The van der Waals surface area contributed by atoms with E-state index in [9.17, 15) is 4.79 Å². The fourth-order valence-corrected chi connectivity index (χ4v) is 3.23. The predicted molar refractivity (Wildman–Crippen MR) is 111 cm³/mol. The zero-order chi connectivity index (χ0) is 19.6. The molecule has 28 heavy (non-hydrogen) atoms. The zero-order valence-electron chi connectivity index (χ0n) is 16.4. The van der Waals surface area contributed by atoms with Gasteiger partial charge in [0.2, 0.25) is 0 Å². The van der Waals surface area contributed by atoms with Gasteiger partial charge in [-0.3, -0.25) is 0 Å². The minimum atomic E-state index is -0.317. The van der Waals surface area contributed by atoms with Crippen LogP contribution in [-0.4, -0.2) is 32.6 Å². The van der Waals surface area contributed by atoms with Gasteiger partial charge in [-0.25, -0.2) is 4.79 Å². The molecule has 0 N–H and O–H groups in total. The maximum absolute atomic E-state index is 11.5. The van der Waals surface area contributed by atoms with E-state index >= 15 is 0 Å². The summed E-state index contributed by atoms with van der Waals surface area (Å²) in [5.74, 6) is -0.317. The Morgan fingerprint density at radius 3 is 2.68 bits per heavy atom. The molecule has 0 spiro atoms. The number of carbonyl (C=O) groups excluding carboxylic acids is 1. The van der Waals surface area contributed by atoms with Crippen LogP contribution < -0.4 is 0 Å². The van der Waals surface area contributed by atoms with Gasteiger partial charge in [0.25, 0.3) is 0 Å². The number of aryl methyl sites for hydroxylation is 1. The van der Waals surface area contributed by atoms with E-state index in [2.05, 4.69) is 30.3 Å². The molecule has 0 bridgehead atoms. The highest BCUT2D eigenvalue weighted by Gasteiger charge is 2.13. The van der Waals surface area contributed by atoms with Crippen LogP contribution in [0.2, 0.25) is 0 Å². The fraction of sp³-hybridized carbons (Fsp3) is 0.375. The Kier molecular flexibility index (Phi) is 7.82. The van der Waals surface area contributed by atoms with E-state index in [4.69, 9.17) is 14.2 Å². The molecule has 2 aromatic carbocycles. The lowest BCUT2D eigenvalue weighted by atomic mass is 10.1. The van der Waals surface area contributed by atoms with Crippen molar-refractivity contribution in [2.75, 3.05) is 20.3 Å². The second kappa shape index (κ2) is 10.8. The molecule has 1 heterocycles.